The fraction of sp³-hybridized carbons (Fsp3) is 0.688. The van der Waals surface area contributed by atoms with Crippen molar-refractivity contribution in [2.75, 3.05) is 26.2 Å². The lowest BCUT2D eigenvalue weighted by molar-refractivity contribution is -0.122. The second-order valence-corrected chi connectivity index (χ2v) is 7.19. The minimum atomic E-state index is 0.140. The fourth-order valence-corrected chi connectivity index (χ4v) is 3.37. The molecule has 2 N–H and O–H groups in total. The first-order chi connectivity index (χ1) is 10.1. The highest BCUT2D eigenvalue weighted by atomic mass is 32.1. The van der Waals surface area contributed by atoms with Crippen LogP contribution in [0.25, 0.3) is 0 Å². The number of hydrogen-bond acceptors (Lipinski definition) is 4. The third kappa shape index (κ3) is 6.16. The van der Waals surface area contributed by atoms with Crippen LogP contribution in [0.5, 0.6) is 0 Å². The van der Waals surface area contributed by atoms with Crippen molar-refractivity contribution >= 4 is 17.2 Å². The van der Waals surface area contributed by atoms with E-state index >= 15 is 0 Å². The molecule has 2 rings (SSSR count). The van der Waals surface area contributed by atoms with Gasteiger partial charge < -0.3 is 10.6 Å². The largest absolute Gasteiger partial charge is 0.350 e. The van der Waals surface area contributed by atoms with Crippen molar-refractivity contribution < 1.29 is 4.79 Å². The molecule has 118 valence electrons. The summed E-state index contributed by atoms with van der Waals surface area (Å²) < 4.78 is 0. The molecule has 1 fully saturated rings. The Morgan fingerprint density at radius 1 is 1.52 bits per heavy atom. The van der Waals surface area contributed by atoms with Crippen LogP contribution in [-0.2, 0) is 11.3 Å². The van der Waals surface area contributed by atoms with Crippen LogP contribution in [0.2, 0.25) is 0 Å². The van der Waals surface area contributed by atoms with E-state index in [1.165, 1.54) is 17.7 Å². The molecule has 0 radical (unpaired) electrons. The first kappa shape index (κ1) is 16.5. The van der Waals surface area contributed by atoms with Gasteiger partial charge in [-0.3, -0.25) is 9.69 Å². The lowest BCUT2D eigenvalue weighted by Gasteiger charge is -2.32. The molecule has 1 aliphatic rings. The van der Waals surface area contributed by atoms with E-state index in [9.17, 15) is 4.79 Å². The fourth-order valence-electron chi connectivity index (χ4n) is 2.72. The zero-order valence-electron chi connectivity index (χ0n) is 13.1. The van der Waals surface area contributed by atoms with E-state index < -0.39 is 0 Å². The van der Waals surface area contributed by atoms with Crippen molar-refractivity contribution in [3.8, 4) is 0 Å². The molecule has 1 atom stereocenters. The van der Waals surface area contributed by atoms with Gasteiger partial charge >= 0.3 is 0 Å². The van der Waals surface area contributed by atoms with E-state index in [2.05, 4.69) is 35.4 Å². The Morgan fingerprint density at radius 3 is 3.10 bits per heavy atom. The minimum Gasteiger partial charge on any atom is -0.350 e. The topological polar surface area (TPSA) is 44.4 Å². The molecular formula is C16H27N3OS. The zero-order chi connectivity index (χ0) is 15.1. The maximum atomic E-state index is 12.0. The summed E-state index contributed by atoms with van der Waals surface area (Å²) in [5.41, 5.74) is 0. The molecule has 1 aromatic rings. The Labute approximate surface area is 131 Å². The molecule has 0 saturated carbocycles. The molecule has 0 spiro atoms. The predicted octanol–water partition coefficient (Wildman–Crippen LogP) is 2.07. The van der Waals surface area contributed by atoms with Crippen molar-refractivity contribution in [3.05, 3.63) is 22.4 Å². The summed E-state index contributed by atoms with van der Waals surface area (Å²) in [4.78, 5) is 15.5. The highest BCUT2D eigenvalue weighted by Gasteiger charge is 2.21. The zero-order valence-corrected chi connectivity index (χ0v) is 13.9. The van der Waals surface area contributed by atoms with Crippen molar-refractivity contribution in [3.63, 3.8) is 0 Å². The molecule has 1 aromatic heterocycles. The van der Waals surface area contributed by atoms with Crippen molar-refractivity contribution in [1.82, 2.24) is 15.5 Å². The average Bonchev–Trinajstić information content (AvgIpc) is 2.97. The number of likely N-dealkylation sites (tertiary alicyclic amines) is 1. The molecule has 1 aliphatic heterocycles. The van der Waals surface area contributed by atoms with Gasteiger partial charge in [-0.25, -0.2) is 0 Å². The van der Waals surface area contributed by atoms with Crippen LogP contribution in [-0.4, -0.2) is 43.0 Å². The molecule has 2 heterocycles. The summed E-state index contributed by atoms with van der Waals surface area (Å²) in [6.45, 7) is 8.69. The van der Waals surface area contributed by atoms with E-state index in [1.54, 1.807) is 11.3 Å². The number of piperidine rings is 1. The lowest BCUT2D eigenvalue weighted by atomic mass is 9.98. The highest BCUT2D eigenvalue weighted by Crippen LogP contribution is 2.15. The number of amides is 1. The monoisotopic (exact) mass is 309 g/mol. The molecule has 1 amide bonds. The second-order valence-electron chi connectivity index (χ2n) is 6.16. The normalized spacial score (nSPS) is 19.9. The molecule has 1 unspecified atom stereocenters. The maximum absolute atomic E-state index is 12.0. The quantitative estimate of drug-likeness (QED) is 0.810. The van der Waals surface area contributed by atoms with Gasteiger partial charge in [0, 0.05) is 17.5 Å². The SMILES string of the molecule is CC(C)NCC1CCCN(CC(=O)NCc2cccs2)C1. The standard InChI is InChI=1S/C16H27N3OS/c1-13(2)17-9-14-5-3-7-19(11-14)12-16(20)18-10-15-6-4-8-21-15/h4,6,8,13-14,17H,3,5,7,9-12H2,1-2H3,(H,18,20). The van der Waals surface area contributed by atoms with E-state index in [0.717, 1.165) is 19.6 Å². The summed E-state index contributed by atoms with van der Waals surface area (Å²) >= 11 is 1.68. The van der Waals surface area contributed by atoms with Crippen LogP contribution in [0.4, 0.5) is 0 Å². The molecule has 0 aromatic carbocycles. The van der Waals surface area contributed by atoms with Crippen LogP contribution >= 0.6 is 11.3 Å². The van der Waals surface area contributed by atoms with Crippen molar-refractivity contribution in [2.45, 2.75) is 39.3 Å². The first-order valence-electron chi connectivity index (χ1n) is 7.88. The van der Waals surface area contributed by atoms with Gasteiger partial charge in [0.15, 0.2) is 0 Å². The van der Waals surface area contributed by atoms with Crippen molar-refractivity contribution in [2.24, 2.45) is 5.92 Å². The van der Waals surface area contributed by atoms with Gasteiger partial charge in [-0.2, -0.15) is 0 Å². The van der Waals surface area contributed by atoms with Gasteiger partial charge in [-0.1, -0.05) is 19.9 Å². The van der Waals surface area contributed by atoms with E-state index in [0.29, 0.717) is 25.0 Å². The molecule has 0 bridgehead atoms. The molecule has 1 saturated heterocycles. The second kappa shape index (κ2) is 8.51. The van der Waals surface area contributed by atoms with Gasteiger partial charge in [0.05, 0.1) is 13.1 Å². The summed E-state index contributed by atoms with van der Waals surface area (Å²) in [7, 11) is 0. The van der Waals surface area contributed by atoms with Gasteiger partial charge in [-0.05, 0) is 43.3 Å². The number of nitrogens with zero attached hydrogens (tertiary/aromatic N) is 1. The van der Waals surface area contributed by atoms with E-state index in [4.69, 9.17) is 0 Å². The molecule has 4 nitrogen and oxygen atoms in total. The number of nitrogens with one attached hydrogen (secondary N) is 2. The lowest BCUT2D eigenvalue weighted by Crippen LogP contribution is -2.45. The first-order valence-corrected chi connectivity index (χ1v) is 8.76. The van der Waals surface area contributed by atoms with Gasteiger partial charge in [0.1, 0.15) is 0 Å². The average molecular weight is 309 g/mol. The Morgan fingerprint density at radius 2 is 2.38 bits per heavy atom. The Bertz CT molecular complexity index is 419. The Kier molecular flexibility index (Phi) is 6.67. The summed E-state index contributed by atoms with van der Waals surface area (Å²) in [6.07, 6.45) is 2.47. The number of hydrogen-bond donors (Lipinski definition) is 2. The van der Waals surface area contributed by atoms with Crippen LogP contribution in [0.1, 0.15) is 31.6 Å². The predicted molar refractivity (Wildman–Crippen MR) is 88.5 cm³/mol. The van der Waals surface area contributed by atoms with Gasteiger partial charge in [-0.15, -0.1) is 11.3 Å². The molecule has 0 aliphatic carbocycles. The number of rotatable bonds is 7. The van der Waals surface area contributed by atoms with E-state index in [-0.39, 0.29) is 5.91 Å². The minimum absolute atomic E-state index is 0.140. The number of carbonyl (C=O) groups is 1. The number of thiophene rings is 1. The van der Waals surface area contributed by atoms with Crippen molar-refractivity contribution in [1.29, 1.82) is 0 Å². The van der Waals surface area contributed by atoms with Crippen LogP contribution in [0.15, 0.2) is 17.5 Å². The molecular weight excluding hydrogens is 282 g/mol. The third-order valence-corrected chi connectivity index (χ3v) is 4.70. The van der Waals surface area contributed by atoms with Crippen LogP contribution in [0.3, 0.4) is 0 Å². The van der Waals surface area contributed by atoms with Gasteiger partial charge in [0.25, 0.3) is 0 Å². The third-order valence-electron chi connectivity index (χ3n) is 3.82. The summed E-state index contributed by atoms with van der Waals surface area (Å²) in [5.74, 6) is 0.812. The van der Waals surface area contributed by atoms with Crippen LogP contribution in [0, 0.1) is 5.92 Å². The van der Waals surface area contributed by atoms with E-state index in [1.807, 2.05) is 11.4 Å². The Hall–Kier alpha value is -0.910. The Balaban J connectivity index is 1.67. The van der Waals surface area contributed by atoms with Crippen LogP contribution < -0.4 is 10.6 Å². The molecule has 5 heteroatoms. The maximum Gasteiger partial charge on any atom is 0.234 e. The molecule has 21 heavy (non-hydrogen) atoms. The smallest absolute Gasteiger partial charge is 0.234 e. The number of carbonyl (C=O) groups excluding carboxylic acids is 1. The van der Waals surface area contributed by atoms with Gasteiger partial charge in [0.2, 0.25) is 5.91 Å². The summed E-state index contributed by atoms with van der Waals surface area (Å²) in [5, 5.41) is 8.56. The highest BCUT2D eigenvalue weighted by molar-refractivity contribution is 7.09. The summed E-state index contributed by atoms with van der Waals surface area (Å²) in [6, 6.07) is 4.61.